The molecule has 2 N–H and O–H groups in total. The van der Waals surface area contributed by atoms with E-state index in [0.717, 1.165) is 11.4 Å². The zero-order chi connectivity index (χ0) is 19.8. The average Bonchev–Trinajstić information content (AvgIpc) is 2.63. The van der Waals surface area contributed by atoms with E-state index in [4.69, 9.17) is 11.6 Å². The fourth-order valence-corrected chi connectivity index (χ4v) is 2.49. The van der Waals surface area contributed by atoms with Crippen molar-refractivity contribution in [2.75, 3.05) is 26.0 Å². The van der Waals surface area contributed by atoms with Crippen molar-refractivity contribution in [1.82, 2.24) is 15.6 Å². The number of ether oxygens (including phenoxy) is 1. The standard InChI is InChI=1S/C18H22ClF2N5O/c1-22-18(24-10-12-6-7-23-16(8-12)26(2)3)25-11-13-9-14(19)4-5-15(13)27-17(20)21/h4-9,17H,10-11H2,1-3H3,(H2,22,24,25). The molecule has 0 aliphatic carbocycles. The van der Waals surface area contributed by atoms with Crippen molar-refractivity contribution in [3.8, 4) is 5.75 Å². The minimum absolute atomic E-state index is 0.0714. The van der Waals surface area contributed by atoms with Gasteiger partial charge in [0, 0.05) is 51.0 Å². The molecule has 1 aromatic heterocycles. The van der Waals surface area contributed by atoms with Gasteiger partial charge in [0.1, 0.15) is 11.6 Å². The number of halogens is 3. The Bertz CT molecular complexity index is 786. The number of pyridine rings is 1. The van der Waals surface area contributed by atoms with E-state index in [1.54, 1.807) is 19.3 Å². The summed E-state index contributed by atoms with van der Waals surface area (Å²) in [6.07, 6.45) is 1.74. The third-order valence-corrected chi connectivity index (χ3v) is 3.87. The summed E-state index contributed by atoms with van der Waals surface area (Å²) in [5.41, 5.74) is 1.53. The highest BCUT2D eigenvalue weighted by Crippen LogP contribution is 2.24. The van der Waals surface area contributed by atoms with E-state index in [1.165, 1.54) is 12.1 Å². The van der Waals surface area contributed by atoms with Gasteiger partial charge in [-0.25, -0.2) is 4.98 Å². The van der Waals surface area contributed by atoms with Crippen molar-refractivity contribution in [3.05, 3.63) is 52.7 Å². The average molecular weight is 398 g/mol. The number of guanidine groups is 1. The lowest BCUT2D eigenvalue weighted by Crippen LogP contribution is -2.36. The highest BCUT2D eigenvalue weighted by atomic mass is 35.5. The first-order valence-electron chi connectivity index (χ1n) is 8.19. The Balaban J connectivity index is 1.98. The first-order chi connectivity index (χ1) is 12.9. The van der Waals surface area contributed by atoms with E-state index >= 15 is 0 Å². The molecular weight excluding hydrogens is 376 g/mol. The molecule has 0 aliphatic heterocycles. The minimum Gasteiger partial charge on any atom is -0.434 e. The van der Waals surface area contributed by atoms with Gasteiger partial charge in [-0.1, -0.05) is 11.6 Å². The molecule has 0 unspecified atom stereocenters. The van der Waals surface area contributed by atoms with Crippen LogP contribution in [-0.4, -0.2) is 38.7 Å². The van der Waals surface area contributed by atoms with E-state index in [-0.39, 0.29) is 12.3 Å². The number of rotatable bonds is 7. The molecule has 9 heteroatoms. The van der Waals surface area contributed by atoms with Gasteiger partial charge in [0.15, 0.2) is 5.96 Å². The topological polar surface area (TPSA) is 61.8 Å². The Morgan fingerprint density at radius 3 is 2.63 bits per heavy atom. The number of hydrogen-bond acceptors (Lipinski definition) is 4. The summed E-state index contributed by atoms with van der Waals surface area (Å²) in [4.78, 5) is 10.3. The van der Waals surface area contributed by atoms with Crippen LogP contribution in [0.5, 0.6) is 5.75 Å². The number of nitrogens with zero attached hydrogens (tertiary/aromatic N) is 3. The van der Waals surface area contributed by atoms with Gasteiger partial charge in [0.2, 0.25) is 0 Å². The molecule has 0 spiro atoms. The number of nitrogens with one attached hydrogen (secondary N) is 2. The van der Waals surface area contributed by atoms with Crippen LogP contribution < -0.4 is 20.3 Å². The monoisotopic (exact) mass is 397 g/mol. The highest BCUT2D eigenvalue weighted by molar-refractivity contribution is 6.30. The Morgan fingerprint density at radius 2 is 1.96 bits per heavy atom. The summed E-state index contributed by atoms with van der Waals surface area (Å²) in [5, 5.41) is 6.67. The maximum Gasteiger partial charge on any atom is 0.387 e. The summed E-state index contributed by atoms with van der Waals surface area (Å²) in [5.74, 6) is 1.44. The summed E-state index contributed by atoms with van der Waals surface area (Å²) in [7, 11) is 5.47. The fourth-order valence-electron chi connectivity index (χ4n) is 2.30. The molecule has 0 bridgehead atoms. The van der Waals surface area contributed by atoms with E-state index in [0.29, 0.717) is 23.1 Å². The van der Waals surface area contributed by atoms with Gasteiger partial charge >= 0.3 is 6.61 Å². The molecule has 0 amide bonds. The molecular formula is C18H22ClF2N5O. The van der Waals surface area contributed by atoms with Crippen molar-refractivity contribution in [2.24, 2.45) is 4.99 Å². The second-order valence-electron chi connectivity index (χ2n) is 5.83. The Morgan fingerprint density at radius 1 is 1.22 bits per heavy atom. The number of hydrogen-bond donors (Lipinski definition) is 2. The Hall–Kier alpha value is -2.61. The SMILES string of the molecule is CN=C(NCc1ccnc(N(C)C)c1)NCc1cc(Cl)ccc1OC(F)F. The van der Waals surface area contributed by atoms with Gasteiger partial charge in [-0.05, 0) is 35.9 Å². The van der Waals surface area contributed by atoms with Crippen LogP contribution in [0, 0.1) is 0 Å². The quantitative estimate of drug-likeness (QED) is 0.554. The molecule has 0 aliphatic rings. The predicted octanol–water partition coefficient (Wildman–Crippen LogP) is 3.27. The molecule has 27 heavy (non-hydrogen) atoms. The van der Waals surface area contributed by atoms with Crippen LogP contribution >= 0.6 is 11.6 Å². The minimum atomic E-state index is -2.90. The van der Waals surface area contributed by atoms with Gasteiger partial charge in [-0.2, -0.15) is 8.78 Å². The van der Waals surface area contributed by atoms with Gasteiger partial charge in [0.05, 0.1) is 0 Å². The molecule has 0 fully saturated rings. The van der Waals surface area contributed by atoms with Gasteiger partial charge in [-0.3, -0.25) is 4.99 Å². The number of alkyl halides is 2. The summed E-state index contributed by atoms with van der Waals surface area (Å²) >= 11 is 5.96. The first kappa shape index (κ1) is 20.7. The molecule has 2 aromatic rings. The van der Waals surface area contributed by atoms with E-state index < -0.39 is 6.61 Å². The third kappa shape index (κ3) is 6.56. The molecule has 0 saturated carbocycles. The van der Waals surface area contributed by atoms with Crippen molar-refractivity contribution in [2.45, 2.75) is 19.7 Å². The normalized spacial score (nSPS) is 11.4. The van der Waals surface area contributed by atoms with E-state index in [9.17, 15) is 8.78 Å². The summed E-state index contributed by atoms with van der Waals surface area (Å²) < 4.78 is 29.6. The molecule has 0 saturated heterocycles. The predicted molar refractivity (Wildman–Crippen MR) is 104 cm³/mol. The maximum absolute atomic E-state index is 12.5. The first-order valence-corrected chi connectivity index (χ1v) is 8.57. The lowest BCUT2D eigenvalue weighted by Gasteiger charge is -2.16. The van der Waals surface area contributed by atoms with Crippen LogP contribution in [0.25, 0.3) is 0 Å². The molecule has 0 atom stereocenters. The van der Waals surface area contributed by atoms with Crippen molar-refractivity contribution in [3.63, 3.8) is 0 Å². The van der Waals surface area contributed by atoms with Crippen LogP contribution in [-0.2, 0) is 13.1 Å². The smallest absolute Gasteiger partial charge is 0.387 e. The molecule has 6 nitrogen and oxygen atoms in total. The fraction of sp³-hybridized carbons (Fsp3) is 0.333. The second kappa shape index (κ2) is 9.91. The molecule has 146 valence electrons. The largest absolute Gasteiger partial charge is 0.434 e. The van der Waals surface area contributed by atoms with Crippen molar-refractivity contribution < 1.29 is 13.5 Å². The van der Waals surface area contributed by atoms with Crippen LogP contribution in [0.3, 0.4) is 0 Å². The zero-order valence-electron chi connectivity index (χ0n) is 15.3. The van der Waals surface area contributed by atoms with Crippen LogP contribution in [0.1, 0.15) is 11.1 Å². The van der Waals surface area contributed by atoms with Crippen LogP contribution in [0.15, 0.2) is 41.5 Å². The van der Waals surface area contributed by atoms with Gasteiger partial charge in [-0.15, -0.1) is 0 Å². The van der Waals surface area contributed by atoms with Gasteiger partial charge < -0.3 is 20.3 Å². The van der Waals surface area contributed by atoms with Crippen molar-refractivity contribution >= 4 is 23.4 Å². The highest BCUT2D eigenvalue weighted by Gasteiger charge is 2.11. The lowest BCUT2D eigenvalue weighted by atomic mass is 10.2. The van der Waals surface area contributed by atoms with Crippen LogP contribution in [0.4, 0.5) is 14.6 Å². The van der Waals surface area contributed by atoms with Crippen molar-refractivity contribution in [1.29, 1.82) is 0 Å². The third-order valence-electron chi connectivity index (χ3n) is 3.64. The number of anilines is 1. The Kier molecular flexibility index (Phi) is 7.60. The summed E-state index contributed by atoms with van der Waals surface area (Å²) in [6.45, 7) is -2.15. The molecule has 1 heterocycles. The van der Waals surface area contributed by atoms with E-state index in [1.807, 2.05) is 31.1 Å². The van der Waals surface area contributed by atoms with Gasteiger partial charge in [0.25, 0.3) is 0 Å². The van der Waals surface area contributed by atoms with Crippen LogP contribution in [0.2, 0.25) is 5.02 Å². The number of aliphatic imine (C=N–C) groups is 1. The maximum atomic E-state index is 12.5. The Labute approximate surface area is 162 Å². The zero-order valence-corrected chi connectivity index (χ0v) is 16.1. The van der Waals surface area contributed by atoms with E-state index in [2.05, 4.69) is 25.3 Å². The number of aromatic nitrogens is 1. The second-order valence-corrected chi connectivity index (χ2v) is 6.26. The molecule has 1 aromatic carbocycles. The summed E-state index contributed by atoms with van der Waals surface area (Å²) in [6, 6.07) is 8.36. The lowest BCUT2D eigenvalue weighted by molar-refractivity contribution is -0.0504. The number of benzene rings is 1. The molecule has 2 rings (SSSR count). The molecule has 0 radical (unpaired) electrons.